The van der Waals surface area contributed by atoms with Crippen LogP contribution in [0.1, 0.15) is 17.2 Å². The summed E-state index contributed by atoms with van der Waals surface area (Å²) in [7, 11) is 1.71. The topological polar surface area (TPSA) is 52.7 Å². The van der Waals surface area contributed by atoms with Crippen LogP contribution >= 0.6 is 23.2 Å². The Morgan fingerprint density at radius 3 is 2.64 bits per heavy atom. The van der Waals surface area contributed by atoms with E-state index >= 15 is 0 Å². The predicted octanol–water partition coefficient (Wildman–Crippen LogP) is 2.98. The van der Waals surface area contributed by atoms with Gasteiger partial charge in [-0.2, -0.15) is 5.01 Å². The van der Waals surface area contributed by atoms with Crippen molar-refractivity contribution in [2.45, 2.75) is 6.04 Å². The van der Waals surface area contributed by atoms with E-state index in [0.29, 0.717) is 5.02 Å². The Balaban J connectivity index is 2.18. The fourth-order valence-electron chi connectivity index (χ4n) is 2.98. The molecule has 1 aliphatic heterocycles. The molecule has 3 rings (SSSR count). The molecule has 0 aliphatic carbocycles. The standard InChI is InChI=1S/C18H17Cl2N3O2/c1-22-15-8-7-13(20)9-14(15)18(12-5-3-2-4-6-12)23(11-17(22)25)21-16(24)10-19/h2-9,18H,10-11H2,1H3,(H,21,24). The number of hydrazine groups is 1. The van der Waals surface area contributed by atoms with E-state index in [-0.39, 0.29) is 30.3 Å². The molecule has 1 atom stereocenters. The lowest BCUT2D eigenvalue weighted by Gasteiger charge is -2.30. The first-order chi connectivity index (χ1) is 12.0. The van der Waals surface area contributed by atoms with Crippen LogP contribution in [0.3, 0.4) is 0 Å². The fraction of sp³-hybridized carbons (Fsp3) is 0.222. The highest BCUT2D eigenvalue weighted by molar-refractivity contribution is 6.30. The number of hydrogen-bond acceptors (Lipinski definition) is 3. The smallest absolute Gasteiger partial charge is 0.249 e. The zero-order valence-corrected chi connectivity index (χ0v) is 15.1. The van der Waals surface area contributed by atoms with Crippen molar-refractivity contribution in [1.82, 2.24) is 10.4 Å². The van der Waals surface area contributed by atoms with Crippen molar-refractivity contribution in [2.24, 2.45) is 0 Å². The SMILES string of the molecule is CN1C(=O)CN(NC(=O)CCl)C(c2ccccc2)c2cc(Cl)ccc21. The van der Waals surface area contributed by atoms with Crippen molar-refractivity contribution in [3.8, 4) is 0 Å². The van der Waals surface area contributed by atoms with Crippen LogP contribution in [0.15, 0.2) is 48.5 Å². The van der Waals surface area contributed by atoms with Crippen LogP contribution in [0, 0.1) is 0 Å². The lowest BCUT2D eigenvalue weighted by atomic mass is 9.96. The first kappa shape index (κ1) is 17.7. The van der Waals surface area contributed by atoms with Crippen LogP contribution in [-0.4, -0.2) is 36.3 Å². The average Bonchev–Trinajstić information content (AvgIpc) is 2.71. The zero-order chi connectivity index (χ0) is 18.0. The molecule has 0 radical (unpaired) electrons. The molecule has 1 unspecified atom stereocenters. The zero-order valence-electron chi connectivity index (χ0n) is 13.6. The second-order valence-electron chi connectivity index (χ2n) is 5.77. The lowest BCUT2D eigenvalue weighted by molar-refractivity contribution is -0.127. The van der Waals surface area contributed by atoms with E-state index in [1.165, 1.54) is 0 Å². The number of hydrogen-bond donors (Lipinski definition) is 1. The summed E-state index contributed by atoms with van der Waals surface area (Å²) in [5.74, 6) is -0.704. The summed E-state index contributed by atoms with van der Waals surface area (Å²) in [5, 5.41) is 2.17. The Bertz CT molecular complexity index is 798. The van der Waals surface area contributed by atoms with Gasteiger partial charge in [0, 0.05) is 23.3 Å². The van der Waals surface area contributed by atoms with Gasteiger partial charge in [-0.25, -0.2) is 0 Å². The average molecular weight is 378 g/mol. The molecule has 2 amide bonds. The molecular weight excluding hydrogens is 361 g/mol. The molecule has 1 aliphatic rings. The van der Waals surface area contributed by atoms with Crippen molar-refractivity contribution in [2.75, 3.05) is 24.4 Å². The minimum atomic E-state index is -0.372. The molecule has 0 saturated heterocycles. The second-order valence-corrected chi connectivity index (χ2v) is 6.47. The summed E-state index contributed by atoms with van der Waals surface area (Å²) >= 11 is 11.9. The Morgan fingerprint density at radius 1 is 1.24 bits per heavy atom. The van der Waals surface area contributed by atoms with E-state index in [4.69, 9.17) is 23.2 Å². The van der Waals surface area contributed by atoms with Crippen molar-refractivity contribution in [3.05, 3.63) is 64.7 Å². The number of amides is 2. The molecule has 0 bridgehead atoms. The van der Waals surface area contributed by atoms with E-state index in [9.17, 15) is 9.59 Å². The van der Waals surface area contributed by atoms with Crippen LogP contribution in [0.5, 0.6) is 0 Å². The third kappa shape index (κ3) is 3.63. The second kappa shape index (κ2) is 7.44. The van der Waals surface area contributed by atoms with Gasteiger partial charge in [0.1, 0.15) is 5.88 Å². The fourth-order valence-corrected chi connectivity index (χ4v) is 3.22. The Kier molecular flexibility index (Phi) is 5.27. The van der Waals surface area contributed by atoms with Gasteiger partial charge in [0.15, 0.2) is 0 Å². The van der Waals surface area contributed by atoms with E-state index in [0.717, 1.165) is 16.8 Å². The number of benzene rings is 2. The Labute approximate surface area is 156 Å². The highest BCUT2D eigenvalue weighted by Crippen LogP contribution is 2.38. The van der Waals surface area contributed by atoms with Crippen molar-refractivity contribution >= 4 is 40.7 Å². The van der Waals surface area contributed by atoms with Gasteiger partial charge in [-0.05, 0) is 23.8 Å². The predicted molar refractivity (Wildman–Crippen MR) is 98.7 cm³/mol. The number of halogens is 2. The number of nitrogens with one attached hydrogen (secondary N) is 1. The van der Waals surface area contributed by atoms with Crippen molar-refractivity contribution in [1.29, 1.82) is 0 Å². The number of likely N-dealkylation sites (N-methyl/N-ethyl adjacent to an activating group) is 1. The van der Waals surface area contributed by atoms with Gasteiger partial charge in [-0.3, -0.25) is 15.0 Å². The number of fused-ring (bicyclic) bond motifs is 1. The van der Waals surface area contributed by atoms with Crippen LogP contribution in [0.25, 0.3) is 0 Å². The molecule has 2 aromatic rings. The summed E-state index contributed by atoms with van der Waals surface area (Å²) < 4.78 is 0. The van der Waals surface area contributed by atoms with Gasteiger partial charge in [0.2, 0.25) is 11.8 Å². The van der Waals surface area contributed by atoms with Crippen LogP contribution in [0.2, 0.25) is 5.02 Å². The minimum Gasteiger partial charge on any atom is -0.314 e. The maximum Gasteiger partial charge on any atom is 0.249 e. The summed E-state index contributed by atoms with van der Waals surface area (Å²) in [6.07, 6.45) is 0. The molecule has 1 N–H and O–H groups in total. The number of carbonyl (C=O) groups excluding carboxylic acids is 2. The number of nitrogens with zero attached hydrogens (tertiary/aromatic N) is 2. The van der Waals surface area contributed by atoms with E-state index in [2.05, 4.69) is 5.43 Å². The van der Waals surface area contributed by atoms with Gasteiger partial charge in [0.25, 0.3) is 0 Å². The van der Waals surface area contributed by atoms with Gasteiger partial charge in [-0.1, -0.05) is 41.9 Å². The first-order valence-electron chi connectivity index (χ1n) is 7.74. The van der Waals surface area contributed by atoms with Gasteiger partial charge in [0.05, 0.1) is 12.6 Å². The van der Waals surface area contributed by atoms with Gasteiger partial charge < -0.3 is 4.90 Å². The number of carbonyl (C=O) groups is 2. The molecule has 2 aromatic carbocycles. The lowest BCUT2D eigenvalue weighted by Crippen LogP contribution is -2.48. The molecular formula is C18H17Cl2N3O2. The quantitative estimate of drug-likeness (QED) is 0.836. The third-order valence-corrected chi connectivity index (χ3v) is 4.62. The van der Waals surface area contributed by atoms with Crippen LogP contribution in [0.4, 0.5) is 5.69 Å². The number of anilines is 1. The Hall–Kier alpha value is -2.08. The number of alkyl halides is 1. The summed E-state index contributed by atoms with van der Waals surface area (Å²) in [6.45, 7) is 0.0188. The molecule has 0 aromatic heterocycles. The number of rotatable bonds is 3. The van der Waals surface area contributed by atoms with Gasteiger partial charge in [-0.15, -0.1) is 11.6 Å². The molecule has 5 nitrogen and oxygen atoms in total. The maximum atomic E-state index is 12.6. The molecule has 1 heterocycles. The monoisotopic (exact) mass is 377 g/mol. The minimum absolute atomic E-state index is 0.0188. The summed E-state index contributed by atoms with van der Waals surface area (Å²) in [5.41, 5.74) is 5.27. The van der Waals surface area contributed by atoms with Crippen LogP contribution < -0.4 is 10.3 Å². The highest BCUT2D eigenvalue weighted by atomic mass is 35.5. The summed E-state index contributed by atoms with van der Waals surface area (Å²) in [4.78, 5) is 26.1. The third-order valence-electron chi connectivity index (χ3n) is 4.14. The largest absolute Gasteiger partial charge is 0.314 e. The molecule has 0 spiro atoms. The van der Waals surface area contributed by atoms with E-state index in [1.54, 1.807) is 23.0 Å². The van der Waals surface area contributed by atoms with Crippen molar-refractivity contribution < 1.29 is 9.59 Å². The normalized spacial score (nSPS) is 17.8. The Morgan fingerprint density at radius 2 is 1.96 bits per heavy atom. The van der Waals surface area contributed by atoms with Crippen LogP contribution in [-0.2, 0) is 9.59 Å². The molecule has 0 fully saturated rings. The molecule has 25 heavy (non-hydrogen) atoms. The van der Waals surface area contributed by atoms with E-state index in [1.807, 2.05) is 42.5 Å². The van der Waals surface area contributed by atoms with Crippen molar-refractivity contribution in [3.63, 3.8) is 0 Å². The molecule has 130 valence electrons. The highest BCUT2D eigenvalue weighted by Gasteiger charge is 2.33. The first-order valence-corrected chi connectivity index (χ1v) is 8.65. The van der Waals surface area contributed by atoms with E-state index < -0.39 is 0 Å². The molecule has 0 saturated carbocycles. The maximum absolute atomic E-state index is 12.6. The molecule has 7 heteroatoms. The van der Waals surface area contributed by atoms with Gasteiger partial charge >= 0.3 is 0 Å². The summed E-state index contributed by atoms with van der Waals surface area (Å²) in [6, 6.07) is 14.7.